The van der Waals surface area contributed by atoms with E-state index in [0.717, 1.165) is 27.2 Å². The molecule has 0 saturated heterocycles. The lowest BCUT2D eigenvalue weighted by Crippen LogP contribution is -2.24. The van der Waals surface area contributed by atoms with Crippen molar-refractivity contribution >= 4 is 39.7 Å². The Morgan fingerprint density at radius 1 is 1.35 bits per heavy atom. The number of benzene rings is 1. The molecule has 0 radical (unpaired) electrons. The molecule has 102 valence electrons. The number of hydrogen-bond donors (Lipinski definition) is 2. The van der Waals surface area contributed by atoms with Gasteiger partial charge in [-0.1, -0.05) is 23.7 Å². The van der Waals surface area contributed by atoms with Crippen LogP contribution in [0.5, 0.6) is 0 Å². The lowest BCUT2D eigenvalue weighted by Gasteiger charge is -2.03. The van der Waals surface area contributed by atoms with Crippen LogP contribution in [0.15, 0.2) is 41.9 Å². The molecular formula is C15H13ClN2OS. The van der Waals surface area contributed by atoms with Crippen molar-refractivity contribution in [2.75, 3.05) is 6.54 Å². The number of H-pyrrole nitrogens is 1. The molecule has 0 aliphatic carbocycles. The number of carbonyl (C=O) groups excluding carboxylic acids is 1. The maximum atomic E-state index is 11.8. The molecule has 0 spiro atoms. The molecule has 2 N–H and O–H groups in total. The molecule has 5 heteroatoms. The predicted octanol–water partition coefficient (Wildman–Crippen LogP) is 3.86. The van der Waals surface area contributed by atoms with Crippen LogP contribution in [0.1, 0.15) is 15.2 Å². The third-order valence-corrected chi connectivity index (χ3v) is 4.26. The van der Waals surface area contributed by atoms with E-state index in [4.69, 9.17) is 11.6 Å². The number of aromatic nitrogens is 1. The SMILES string of the molecule is O=C(NCCc1c[nH]c2cc(Cl)ccc12)c1cccs1. The Kier molecular flexibility index (Phi) is 3.76. The Bertz CT molecular complexity index is 734. The lowest BCUT2D eigenvalue weighted by atomic mass is 10.1. The van der Waals surface area contributed by atoms with Gasteiger partial charge in [0.25, 0.3) is 5.91 Å². The number of fused-ring (bicyclic) bond motifs is 1. The van der Waals surface area contributed by atoms with Crippen molar-refractivity contribution in [1.29, 1.82) is 0 Å². The van der Waals surface area contributed by atoms with E-state index in [0.29, 0.717) is 6.54 Å². The summed E-state index contributed by atoms with van der Waals surface area (Å²) in [4.78, 5) is 15.8. The van der Waals surface area contributed by atoms with E-state index in [9.17, 15) is 4.79 Å². The van der Waals surface area contributed by atoms with Crippen LogP contribution in [0, 0.1) is 0 Å². The van der Waals surface area contributed by atoms with Gasteiger partial charge in [0.15, 0.2) is 0 Å². The van der Waals surface area contributed by atoms with Gasteiger partial charge < -0.3 is 10.3 Å². The molecule has 1 aromatic carbocycles. The van der Waals surface area contributed by atoms with E-state index in [-0.39, 0.29) is 5.91 Å². The Morgan fingerprint density at radius 2 is 2.25 bits per heavy atom. The van der Waals surface area contributed by atoms with Crippen molar-refractivity contribution in [3.8, 4) is 0 Å². The average molecular weight is 305 g/mol. The lowest BCUT2D eigenvalue weighted by molar-refractivity contribution is 0.0958. The van der Waals surface area contributed by atoms with Gasteiger partial charge in [-0.3, -0.25) is 4.79 Å². The van der Waals surface area contributed by atoms with Crippen LogP contribution in [0.2, 0.25) is 5.02 Å². The van der Waals surface area contributed by atoms with Crippen molar-refractivity contribution in [1.82, 2.24) is 10.3 Å². The molecular weight excluding hydrogens is 292 g/mol. The summed E-state index contributed by atoms with van der Waals surface area (Å²) in [5, 5.41) is 6.70. The summed E-state index contributed by atoms with van der Waals surface area (Å²) in [7, 11) is 0. The van der Waals surface area contributed by atoms with Crippen LogP contribution in [-0.4, -0.2) is 17.4 Å². The number of carbonyl (C=O) groups is 1. The third-order valence-electron chi connectivity index (χ3n) is 3.15. The summed E-state index contributed by atoms with van der Waals surface area (Å²) in [6.45, 7) is 0.617. The first-order valence-electron chi connectivity index (χ1n) is 6.31. The molecule has 1 amide bonds. The summed E-state index contributed by atoms with van der Waals surface area (Å²) < 4.78 is 0. The first-order chi connectivity index (χ1) is 9.74. The Hall–Kier alpha value is -1.78. The van der Waals surface area contributed by atoms with Crippen molar-refractivity contribution in [2.45, 2.75) is 6.42 Å². The van der Waals surface area contributed by atoms with Crippen LogP contribution in [0.3, 0.4) is 0 Å². The molecule has 2 aromatic heterocycles. The number of amides is 1. The molecule has 0 atom stereocenters. The normalized spacial score (nSPS) is 10.8. The highest BCUT2D eigenvalue weighted by Gasteiger charge is 2.07. The van der Waals surface area contributed by atoms with Gasteiger partial charge in [0.2, 0.25) is 0 Å². The van der Waals surface area contributed by atoms with Crippen LogP contribution < -0.4 is 5.32 Å². The fourth-order valence-electron chi connectivity index (χ4n) is 2.17. The van der Waals surface area contributed by atoms with Gasteiger partial charge in [0.05, 0.1) is 4.88 Å². The fourth-order valence-corrected chi connectivity index (χ4v) is 2.98. The van der Waals surface area contributed by atoms with Gasteiger partial charge in [-0.15, -0.1) is 11.3 Å². The molecule has 3 rings (SSSR count). The van der Waals surface area contributed by atoms with E-state index >= 15 is 0 Å². The van der Waals surface area contributed by atoms with Crippen molar-refractivity contribution in [2.24, 2.45) is 0 Å². The van der Waals surface area contributed by atoms with Gasteiger partial charge >= 0.3 is 0 Å². The highest BCUT2D eigenvalue weighted by Crippen LogP contribution is 2.22. The van der Waals surface area contributed by atoms with Crippen molar-refractivity contribution < 1.29 is 4.79 Å². The van der Waals surface area contributed by atoms with Crippen LogP contribution in [0.4, 0.5) is 0 Å². The van der Waals surface area contributed by atoms with E-state index in [1.165, 1.54) is 16.9 Å². The summed E-state index contributed by atoms with van der Waals surface area (Å²) in [6.07, 6.45) is 2.76. The van der Waals surface area contributed by atoms with E-state index < -0.39 is 0 Å². The highest BCUT2D eigenvalue weighted by atomic mass is 35.5. The van der Waals surface area contributed by atoms with Crippen LogP contribution in [0.25, 0.3) is 10.9 Å². The minimum atomic E-state index is -0.0112. The van der Waals surface area contributed by atoms with Crippen LogP contribution >= 0.6 is 22.9 Å². The fraction of sp³-hybridized carbons (Fsp3) is 0.133. The molecule has 0 fully saturated rings. The molecule has 2 heterocycles. The number of rotatable bonds is 4. The average Bonchev–Trinajstić information content (AvgIpc) is 3.08. The van der Waals surface area contributed by atoms with E-state index in [1.54, 1.807) is 0 Å². The first-order valence-corrected chi connectivity index (χ1v) is 7.57. The second kappa shape index (κ2) is 5.69. The minimum absolute atomic E-state index is 0.0112. The second-order valence-electron chi connectivity index (χ2n) is 4.49. The number of aromatic amines is 1. The molecule has 0 aliphatic rings. The number of hydrogen-bond acceptors (Lipinski definition) is 2. The molecule has 0 unspecified atom stereocenters. The maximum Gasteiger partial charge on any atom is 0.261 e. The molecule has 20 heavy (non-hydrogen) atoms. The summed E-state index contributed by atoms with van der Waals surface area (Å²) in [5.41, 5.74) is 2.21. The predicted molar refractivity (Wildman–Crippen MR) is 83.7 cm³/mol. The third kappa shape index (κ3) is 2.71. The van der Waals surface area contributed by atoms with Crippen molar-refractivity contribution in [3.63, 3.8) is 0 Å². The van der Waals surface area contributed by atoms with Gasteiger partial charge in [0, 0.05) is 28.7 Å². The number of halogens is 1. The van der Waals surface area contributed by atoms with Gasteiger partial charge in [-0.25, -0.2) is 0 Å². The zero-order valence-electron chi connectivity index (χ0n) is 10.7. The van der Waals surface area contributed by atoms with E-state index in [2.05, 4.69) is 10.3 Å². The summed E-state index contributed by atoms with van der Waals surface area (Å²) in [6, 6.07) is 9.50. The monoisotopic (exact) mass is 304 g/mol. The molecule has 3 nitrogen and oxygen atoms in total. The zero-order chi connectivity index (χ0) is 13.9. The standard InChI is InChI=1S/C15H13ClN2OS/c16-11-3-4-12-10(9-18-13(12)8-11)5-6-17-15(19)14-2-1-7-20-14/h1-4,7-9,18H,5-6H2,(H,17,19). The number of thiophene rings is 1. The molecule has 3 aromatic rings. The summed E-state index contributed by atoms with van der Waals surface area (Å²) in [5.74, 6) is -0.0112. The minimum Gasteiger partial charge on any atom is -0.361 e. The van der Waals surface area contributed by atoms with Gasteiger partial charge in [-0.2, -0.15) is 0 Å². The van der Waals surface area contributed by atoms with Gasteiger partial charge in [0.1, 0.15) is 0 Å². The topological polar surface area (TPSA) is 44.9 Å². The Labute approximate surface area is 125 Å². The Morgan fingerprint density at radius 3 is 3.05 bits per heavy atom. The first kappa shape index (κ1) is 13.2. The Balaban J connectivity index is 1.64. The van der Waals surface area contributed by atoms with Gasteiger partial charge in [-0.05, 0) is 35.6 Å². The smallest absolute Gasteiger partial charge is 0.261 e. The number of nitrogens with one attached hydrogen (secondary N) is 2. The van der Waals surface area contributed by atoms with E-state index in [1.807, 2.05) is 41.9 Å². The second-order valence-corrected chi connectivity index (χ2v) is 5.87. The molecule has 0 aliphatic heterocycles. The zero-order valence-corrected chi connectivity index (χ0v) is 12.2. The largest absolute Gasteiger partial charge is 0.361 e. The van der Waals surface area contributed by atoms with Crippen LogP contribution in [-0.2, 0) is 6.42 Å². The molecule has 0 saturated carbocycles. The maximum absolute atomic E-state index is 11.8. The molecule has 0 bridgehead atoms. The highest BCUT2D eigenvalue weighted by molar-refractivity contribution is 7.12. The quantitative estimate of drug-likeness (QED) is 0.755. The van der Waals surface area contributed by atoms with Crippen molar-refractivity contribution in [3.05, 3.63) is 57.4 Å². The summed E-state index contributed by atoms with van der Waals surface area (Å²) >= 11 is 7.41.